The van der Waals surface area contributed by atoms with E-state index < -0.39 is 11.9 Å². The maximum absolute atomic E-state index is 13.0. The number of aromatic carboxylic acids is 1. The molecule has 0 saturated heterocycles. The summed E-state index contributed by atoms with van der Waals surface area (Å²) in [5.41, 5.74) is 1.42. The summed E-state index contributed by atoms with van der Waals surface area (Å²) < 4.78 is 0. The quantitative estimate of drug-likeness (QED) is 0.269. The normalized spacial score (nSPS) is 10.6. The lowest BCUT2D eigenvalue weighted by Gasteiger charge is -2.11. The lowest BCUT2D eigenvalue weighted by atomic mass is 9.98. The minimum atomic E-state index is -1.10. The summed E-state index contributed by atoms with van der Waals surface area (Å²) >= 11 is 7.39. The Bertz CT molecular complexity index is 1400. The third-order valence-electron chi connectivity index (χ3n) is 4.99. The van der Waals surface area contributed by atoms with Crippen molar-refractivity contribution in [3.63, 3.8) is 0 Å². The van der Waals surface area contributed by atoms with Crippen molar-refractivity contribution in [2.45, 2.75) is 4.90 Å². The molecule has 6 nitrogen and oxygen atoms in total. The van der Waals surface area contributed by atoms with Gasteiger partial charge < -0.3 is 15.7 Å². The molecular formula is C26H19ClN2O4S. The van der Waals surface area contributed by atoms with Crippen LogP contribution in [0.1, 0.15) is 20.7 Å². The summed E-state index contributed by atoms with van der Waals surface area (Å²) in [6.45, 7) is 0. The number of halogens is 1. The lowest BCUT2D eigenvalue weighted by molar-refractivity contribution is -0.113. The van der Waals surface area contributed by atoms with E-state index in [1.165, 1.54) is 17.8 Å². The van der Waals surface area contributed by atoms with E-state index in [0.717, 1.165) is 4.90 Å². The Morgan fingerprint density at radius 2 is 1.53 bits per heavy atom. The number of carboxylic acids is 1. The van der Waals surface area contributed by atoms with Crippen molar-refractivity contribution in [2.24, 2.45) is 0 Å². The van der Waals surface area contributed by atoms with Gasteiger partial charge in [-0.25, -0.2) is 4.79 Å². The maximum atomic E-state index is 13.0. The van der Waals surface area contributed by atoms with Crippen molar-refractivity contribution in [3.05, 3.63) is 101 Å². The molecular weight excluding hydrogens is 472 g/mol. The van der Waals surface area contributed by atoms with Crippen LogP contribution in [0.25, 0.3) is 10.8 Å². The first-order valence-corrected chi connectivity index (χ1v) is 11.6. The van der Waals surface area contributed by atoms with Crippen LogP contribution in [0.4, 0.5) is 11.4 Å². The minimum absolute atomic E-state index is 0.0667. The number of fused-ring (bicyclic) bond motifs is 1. The molecule has 0 aliphatic carbocycles. The fraction of sp³-hybridized carbons (Fsp3) is 0.0385. The minimum Gasteiger partial charge on any atom is -0.478 e. The maximum Gasteiger partial charge on any atom is 0.336 e. The van der Waals surface area contributed by atoms with Crippen molar-refractivity contribution in [1.82, 2.24) is 0 Å². The molecule has 0 aliphatic heterocycles. The summed E-state index contributed by atoms with van der Waals surface area (Å²) in [7, 11) is 0. The van der Waals surface area contributed by atoms with E-state index in [4.69, 9.17) is 11.6 Å². The zero-order chi connectivity index (χ0) is 24.1. The van der Waals surface area contributed by atoms with Crippen LogP contribution in [0.3, 0.4) is 0 Å². The fourth-order valence-electron chi connectivity index (χ4n) is 3.47. The topological polar surface area (TPSA) is 95.5 Å². The molecule has 3 N–H and O–H groups in total. The Labute approximate surface area is 204 Å². The standard InChI is InChI=1S/C26H19ClN2O4S/c27-21-12-1-2-13-22(21)29-23(30)15-34-18-9-5-8-17(14-18)28-25(31)19-10-3-6-16-7-4-11-20(24(16)19)26(32)33/h1-14H,15H2,(H,28,31)(H,29,30)(H,32,33). The van der Waals surface area contributed by atoms with Gasteiger partial charge in [0, 0.05) is 21.5 Å². The molecule has 4 aromatic carbocycles. The van der Waals surface area contributed by atoms with Crippen LogP contribution in [0.5, 0.6) is 0 Å². The number of hydrogen-bond acceptors (Lipinski definition) is 4. The van der Waals surface area contributed by atoms with E-state index in [1.807, 2.05) is 6.07 Å². The molecule has 4 aromatic rings. The van der Waals surface area contributed by atoms with E-state index in [0.29, 0.717) is 27.2 Å². The number of anilines is 2. The molecule has 0 heterocycles. The number of hydrogen-bond donors (Lipinski definition) is 3. The highest BCUT2D eigenvalue weighted by atomic mass is 35.5. The molecule has 0 spiro atoms. The van der Waals surface area contributed by atoms with Gasteiger partial charge in [-0.15, -0.1) is 11.8 Å². The molecule has 34 heavy (non-hydrogen) atoms. The first kappa shape index (κ1) is 23.4. The first-order chi connectivity index (χ1) is 16.4. The number of thioether (sulfide) groups is 1. The van der Waals surface area contributed by atoms with E-state index in [2.05, 4.69) is 10.6 Å². The summed E-state index contributed by atoms with van der Waals surface area (Å²) in [6.07, 6.45) is 0. The van der Waals surface area contributed by atoms with Gasteiger partial charge in [0.15, 0.2) is 0 Å². The number of amides is 2. The number of carboxylic acid groups (broad SMARTS) is 1. The molecule has 0 aliphatic rings. The zero-order valence-electron chi connectivity index (χ0n) is 17.7. The van der Waals surface area contributed by atoms with Gasteiger partial charge in [0.2, 0.25) is 5.91 Å². The Morgan fingerprint density at radius 1 is 0.824 bits per heavy atom. The first-order valence-electron chi connectivity index (χ1n) is 10.3. The number of benzene rings is 4. The predicted octanol–water partition coefficient (Wildman–Crippen LogP) is 6.17. The van der Waals surface area contributed by atoms with Crippen molar-refractivity contribution < 1.29 is 19.5 Å². The van der Waals surface area contributed by atoms with Gasteiger partial charge in [0.25, 0.3) is 5.91 Å². The number of carbonyl (C=O) groups excluding carboxylic acids is 2. The fourth-order valence-corrected chi connectivity index (χ4v) is 4.41. The Kier molecular flexibility index (Phi) is 7.15. The molecule has 0 saturated carbocycles. The largest absolute Gasteiger partial charge is 0.478 e. The molecule has 2 amide bonds. The van der Waals surface area contributed by atoms with Crippen molar-refractivity contribution >= 4 is 63.3 Å². The average molecular weight is 491 g/mol. The zero-order valence-corrected chi connectivity index (χ0v) is 19.3. The van der Waals surface area contributed by atoms with Crippen LogP contribution >= 0.6 is 23.4 Å². The second-order valence-corrected chi connectivity index (χ2v) is 8.77. The van der Waals surface area contributed by atoms with Crippen LogP contribution in [-0.4, -0.2) is 28.6 Å². The van der Waals surface area contributed by atoms with Crippen LogP contribution in [0.15, 0.2) is 89.8 Å². The number of rotatable bonds is 7. The lowest BCUT2D eigenvalue weighted by Crippen LogP contribution is -2.14. The van der Waals surface area contributed by atoms with Gasteiger partial charge in [0.05, 0.1) is 22.0 Å². The summed E-state index contributed by atoms with van der Waals surface area (Å²) in [5, 5.41) is 16.7. The number of nitrogens with one attached hydrogen (secondary N) is 2. The van der Waals surface area contributed by atoms with Crippen LogP contribution in [0.2, 0.25) is 5.02 Å². The molecule has 0 unspecified atom stereocenters. The van der Waals surface area contributed by atoms with E-state index in [9.17, 15) is 19.5 Å². The number of para-hydroxylation sites is 1. The number of carbonyl (C=O) groups is 3. The second-order valence-electron chi connectivity index (χ2n) is 7.31. The van der Waals surface area contributed by atoms with Crippen LogP contribution in [-0.2, 0) is 4.79 Å². The SMILES string of the molecule is O=C(CSc1cccc(NC(=O)c2cccc3cccc(C(=O)O)c23)c1)Nc1ccccc1Cl. The average Bonchev–Trinajstić information content (AvgIpc) is 2.83. The molecule has 0 radical (unpaired) electrons. The van der Waals surface area contributed by atoms with E-state index in [-0.39, 0.29) is 22.8 Å². The molecule has 0 aromatic heterocycles. The predicted molar refractivity (Wildman–Crippen MR) is 136 cm³/mol. The van der Waals surface area contributed by atoms with Gasteiger partial charge in [0.1, 0.15) is 0 Å². The molecule has 170 valence electrons. The Morgan fingerprint density at radius 3 is 2.26 bits per heavy atom. The van der Waals surface area contributed by atoms with Crippen molar-refractivity contribution in [3.8, 4) is 0 Å². The van der Waals surface area contributed by atoms with Gasteiger partial charge in [-0.2, -0.15) is 0 Å². The summed E-state index contributed by atoms with van der Waals surface area (Å²) in [6, 6.07) is 24.1. The molecule has 0 fully saturated rings. The Hall–Kier alpha value is -3.81. The van der Waals surface area contributed by atoms with Gasteiger partial charge in [-0.1, -0.05) is 54.1 Å². The Balaban J connectivity index is 1.47. The highest BCUT2D eigenvalue weighted by Crippen LogP contribution is 2.26. The third-order valence-corrected chi connectivity index (χ3v) is 6.31. The highest BCUT2D eigenvalue weighted by molar-refractivity contribution is 8.00. The van der Waals surface area contributed by atoms with Gasteiger partial charge in [-0.3, -0.25) is 9.59 Å². The summed E-state index contributed by atoms with van der Waals surface area (Å²) in [5.74, 6) is -1.56. The van der Waals surface area contributed by atoms with Crippen molar-refractivity contribution in [1.29, 1.82) is 0 Å². The van der Waals surface area contributed by atoms with Crippen molar-refractivity contribution in [2.75, 3.05) is 16.4 Å². The summed E-state index contributed by atoms with van der Waals surface area (Å²) in [4.78, 5) is 37.8. The smallest absolute Gasteiger partial charge is 0.336 e. The third kappa shape index (κ3) is 5.39. The van der Waals surface area contributed by atoms with Crippen LogP contribution < -0.4 is 10.6 Å². The monoisotopic (exact) mass is 490 g/mol. The second kappa shape index (κ2) is 10.4. The van der Waals surface area contributed by atoms with Gasteiger partial charge >= 0.3 is 5.97 Å². The van der Waals surface area contributed by atoms with E-state index >= 15 is 0 Å². The molecule has 4 rings (SSSR count). The van der Waals surface area contributed by atoms with Crippen LogP contribution in [0, 0.1) is 0 Å². The highest BCUT2D eigenvalue weighted by Gasteiger charge is 2.17. The van der Waals surface area contributed by atoms with E-state index in [1.54, 1.807) is 72.8 Å². The molecule has 0 atom stereocenters. The molecule has 0 bridgehead atoms. The molecule has 8 heteroatoms. The van der Waals surface area contributed by atoms with Gasteiger partial charge in [-0.05, 0) is 47.9 Å².